The Kier molecular flexibility index (Phi) is 8.43. The lowest BCUT2D eigenvalue weighted by atomic mass is 9.86. The Labute approximate surface area is 265 Å². The van der Waals surface area contributed by atoms with E-state index < -0.39 is 18.0 Å². The van der Waals surface area contributed by atoms with Crippen molar-refractivity contribution >= 4 is 22.3 Å². The summed E-state index contributed by atoms with van der Waals surface area (Å²) in [5.41, 5.74) is 2.73. The fraction of sp³-hybridized carbons (Fsp3) is 0.412. The Hall–Kier alpha value is -4.55. The summed E-state index contributed by atoms with van der Waals surface area (Å²) in [6, 6.07) is 4.79. The quantitative estimate of drug-likeness (QED) is 0.298. The molecule has 3 aromatic heterocycles. The second-order valence-corrected chi connectivity index (χ2v) is 13.1. The van der Waals surface area contributed by atoms with Gasteiger partial charge in [0, 0.05) is 47.9 Å². The zero-order chi connectivity index (χ0) is 32.7. The number of fused-ring (bicyclic) bond motifs is 1. The van der Waals surface area contributed by atoms with Crippen LogP contribution in [0.15, 0.2) is 56.9 Å². The second kappa shape index (κ2) is 12.3. The van der Waals surface area contributed by atoms with E-state index in [0.29, 0.717) is 40.2 Å². The largest absolute Gasteiger partial charge is 0.392 e. The molecule has 0 radical (unpaired) electrons. The zero-order valence-corrected chi connectivity index (χ0v) is 26.8. The van der Waals surface area contributed by atoms with Crippen LogP contribution in [0, 0.1) is 18.7 Å². The highest BCUT2D eigenvalue weighted by Crippen LogP contribution is 2.33. The number of rotatable bonds is 5. The van der Waals surface area contributed by atoms with Crippen LogP contribution in [0.25, 0.3) is 27.8 Å². The van der Waals surface area contributed by atoms with Crippen LogP contribution in [0.4, 0.5) is 10.1 Å². The van der Waals surface area contributed by atoms with Gasteiger partial charge >= 0.3 is 0 Å². The number of hydrogen-bond acceptors (Lipinski definition) is 9. The first-order valence-electron chi connectivity index (χ1n) is 15.6. The summed E-state index contributed by atoms with van der Waals surface area (Å²) < 4.78 is 16.4. The first kappa shape index (κ1) is 31.4. The monoisotopic (exact) mass is 626 g/mol. The predicted molar refractivity (Wildman–Crippen MR) is 177 cm³/mol. The summed E-state index contributed by atoms with van der Waals surface area (Å²) in [6.45, 7) is 9.19. The average Bonchev–Trinajstić information content (AvgIpc) is 3.04. The van der Waals surface area contributed by atoms with Crippen LogP contribution in [-0.4, -0.2) is 56.0 Å². The minimum absolute atomic E-state index is 0.0423. The number of H-pyrrole nitrogens is 1. The van der Waals surface area contributed by atoms with Crippen LogP contribution in [0.2, 0.25) is 0 Å². The molecule has 1 fully saturated rings. The summed E-state index contributed by atoms with van der Waals surface area (Å²) in [7, 11) is 1.81. The lowest BCUT2D eigenvalue weighted by molar-refractivity contribution is 0.281. The Balaban J connectivity index is 1.41. The van der Waals surface area contributed by atoms with Crippen molar-refractivity contribution in [1.82, 2.24) is 30.3 Å². The van der Waals surface area contributed by atoms with E-state index in [1.165, 1.54) is 24.0 Å². The molecule has 0 spiro atoms. The van der Waals surface area contributed by atoms with Gasteiger partial charge in [-0.25, -0.2) is 19.5 Å². The summed E-state index contributed by atoms with van der Waals surface area (Å²) in [6.07, 6.45) is 8.65. The number of piperidine rings is 1. The van der Waals surface area contributed by atoms with Gasteiger partial charge in [-0.05, 0) is 79.9 Å². The number of nitrogens with zero attached hydrogens (tertiary/aromatic N) is 6. The van der Waals surface area contributed by atoms with E-state index in [9.17, 15) is 14.7 Å². The number of aromatic nitrogens is 5. The number of aromatic amines is 1. The Bertz CT molecular complexity index is 2000. The summed E-state index contributed by atoms with van der Waals surface area (Å²) >= 11 is 0. The van der Waals surface area contributed by atoms with Crippen molar-refractivity contribution in [2.24, 2.45) is 10.9 Å². The van der Waals surface area contributed by atoms with Gasteiger partial charge in [0.2, 0.25) is 0 Å². The molecule has 4 aromatic rings. The molecule has 0 bridgehead atoms. The Morgan fingerprint density at radius 3 is 2.59 bits per heavy atom. The second-order valence-electron chi connectivity index (χ2n) is 13.1. The molecule has 240 valence electrons. The average molecular weight is 627 g/mol. The molecule has 46 heavy (non-hydrogen) atoms. The van der Waals surface area contributed by atoms with Gasteiger partial charge in [-0.3, -0.25) is 9.59 Å². The van der Waals surface area contributed by atoms with E-state index in [1.54, 1.807) is 24.0 Å². The number of aliphatic imine (C=N–C) groups is 1. The normalized spacial score (nSPS) is 16.0. The van der Waals surface area contributed by atoms with Crippen molar-refractivity contribution in [3.63, 3.8) is 0 Å². The van der Waals surface area contributed by atoms with Crippen LogP contribution < -0.4 is 21.3 Å². The van der Waals surface area contributed by atoms with E-state index in [-0.39, 0.29) is 27.7 Å². The van der Waals surface area contributed by atoms with Crippen LogP contribution >= 0.6 is 0 Å². The number of benzene rings is 1. The first-order chi connectivity index (χ1) is 22.0. The molecule has 5 heterocycles. The minimum atomic E-state index is -0.700. The van der Waals surface area contributed by atoms with E-state index in [2.05, 4.69) is 25.6 Å². The van der Waals surface area contributed by atoms with Crippen molar-refractivity contribution in [2.45, 2.75) is 65.4 Å². The number of nitrogens with one attached hydrogen (secondary N) is 2. The highest BCUT2D eigenvalue weighted by Gasteiger charge is 2.26. The lowest BCUT2D eigenvalue weighted by Crippen LogP contribution is -2.34. The van der Waals surface area contributed by atoms with Gasteiger partial charge in [-0.2, -0.15) is 14.9 Å². The van der Waals surface area contributed by atoms with E-state index in [1.807, 2.05) is 34.0 Å². The number of anilines is 1. The molecule has 1 saturated heterocycles. The molecule has 2 aliphatic heterocycles. The van der Waals surface area contributed by atoms with Crippen molar-refractivity contribution < 1.29 is 9.50 Å². The predicted octanol–water partition coefficient (Wildman–Crippen LogP) is 4.28. The number of halogens is 1. The molecular weight excluding hydrogens is 587 g/mol. The summed E-state index contributed by atoms with van der Waals surface area (Å²) in [5, 5.41) is 25.5. The molecule has 0 aliphatic carbocycles. The van der Waals surface area contributed by atoms with E-state index in [0.717, 1.165) is 48.4 Å². The number of hydrogen-bond donors (Lipinski definition) is 3. The third kappa shape index (κ3) is 5.67. The van der Waals surface area contributed by atoms with Crippen LogP contribution in [0.1, 0.15) is 63.1 Å². The van der Waals surface area contributed by atoms with Crippen LogP contribution in [0.3, 0.4) is 0 Å². The van der Waals surface area contributed by atoms with Gasteiger partial charge in [0.15, 0.2) is 5.82 Å². The maximum atomic E-state index is 15.4. The van der Waals surface area contributed by atoms with Crippen molar-refractivity contribution in [2.75, 3.05) is 25.0 Å². The SMILES string of the molecule is Cc1c(-c2ccnc(-n3ncc4cc(C(C)(C)C)cc(F)c4c3=O)c2CO)n[nH]c(=O)c1N(C)C1=NC=C(C2CCNCC2)CC1. The molecule has 0 amide bonds. The van der Waals surface area contributed by atoms with E-state index in [4.69, 9.17) is 4.99 Å². The van der Waals surface area contributed by atoms with Gasteiger partial charge in [0.1, 0.15) is 17.3 Å². The number of aliphatic hydroxyl groups excluding tert-OH is 1. The molecule has 0 unspecified atom stereocenters. The number of amidine groups is 1. The molecule has 0 saturated carbocycles. The van der Waals surface area contributed by atoms with Crippen LogP contribution in [0.5, 0.6) is 0 Å². The summed E-state index contributed by atoms with van der Waals surface area (Å²) in [4.78, 5) is 37.7. The topological polar surface area (TPSA) is 141 Å². The Morgan fingerprint density at radius 1 is 1.15 bits per heavy atom. The fourth-order valence-corrected chi connectivity index (χ4v) is 6.48. The van der Waals surface area contributed by atoms with Crippen LogP contribution in [-0.2, 0) is 12.0 Å². The highest BCUT2D eigenvalue weighted by molar-refractivity contribution is 5.99. The zero-order valence-electron chi connectivity index (χ0n) is 26.8. The van der Waals surface area contributed by atoms with Gasteiger partial charge in [0.05, 0.1) is 23.9 Å². The third-order valence-corrected chi connectivity index (χ3v) is 9.15. The maximum Gasteiger partial charge on any atom is 0.288 e. The lowest BCUT2D eigenvalue weighted by Gasteiger charge is -2.29. The van der Waals surface area contributed by atoms with Crippen molar-refractivity contribution in [3.8, 4) is 17.1 Å². The summed E-state index contributed by atoms with van der Waals surface area (Å²) in [5.74, 6) is 0.694. The molecule has 6 rings (SSSR count). The molecule has 12 heteroatoms. The molecule has 11 nitrogen and oxygen atoms in total. The Morgan fingerprint density at radius 2 is 1.91 bits per heavy atom. The maximum absolute atomic E-state index is 15.4. The third-order valence-electron chi connectivity index (χ3n) is 9.15. The van der Waals surface area contributed by atoms with E-state index >= 15 is 4.39 Å². The molecule has 1 aromatic carbocycles. The fourth-order valence-electron chi connectivity index (χ4n) is 6.48. The van der Waals surface area contributed by atoms with Gasteiger partial charge in [-0.1, -0.05) is 20.8 Å². The molecule has 2 aliphatic rings. The first-order valence-corrected chi connectivity index (χ1v) is 15.6. The van der Waals surface area contributed by atoms with Gasteiger partial charge in [-0.15, -0.1) is 0 Å². The van der Waals surface area contributed by atoms with Crippen molar-refractivity contribution in [1.29, 1.82) is 0 Å². The molecule has 0 atom stereocenters. The van der Waals surface area contributed by atoms with Gasteiger partial charge < -0.3 is 15.3 Å². The number of aliphatic hydroxyl groups is 1. The minimum Gasteiger partial charge on any atom is -0.392 e. The molecule has 3 N–H and O–H groups in total. The van der Waals surface area contributed by atoms with Gasteiger partial charge in [0.25, 0.3) is 11.1 Å². The highest BCUT2D eigenvalue weighted by atomic mass is 19.1. The smallest absolute Gasteiger partial charge is 0.288 e. The number of pyridine rings is 1. The molecular formula is C34H39FN8O3. The standard InChI is InChI=1S/C34H39FN8O3/c1-19-29(40-41-32(45)30(19)42(5)27-7-6-21(16-38-27)20-8-11-36-12-9-20)24-10-13-37-31(25(24)18-44)43-33(46)28-22(17-39-43)14-23(15-26(28)35)34(2,3)4/h10,13-17,20,36,44H,6-9,11-12,18H2,1-5H3,(H,41,45). The van der Waals surface area contributed by atoms with Crippen molar-refractivity contribution in [3.05, 3.63) is 85.6 Å². The number of allylic oxidation sites excluding steroid dienone is 1.